The standard InChI is InChI=1S/C30H52O3/c1-23-5-9-25(10-6-23)26-11-15-27(16-12-26)31-21-3-4-22-32-28-17-19-30(20-18-28)33-29-13-7-24(2)8-14-29/h23,25-30H,2-22H2,1H3. The average Bonchev–Trinajstić information content (AvgIpc) is 2.85. The van der Waals surface area contributed by atoms with Gasteiger partial charge in [-0.2, -0.15) is 0 Å². The Bertz CT molecular complexity index is 541. The molecular formula is C30H52O3. The summed E-state index contributed by atoms with van der Waals surface area (Å²) in [7, 11) is 0. The summed E-state index contributed by atoms with van der Waals surface area (Å²) in [5.41, 5.74) is 1.41. The molecule has 0 spiro atoms. The smallest absolute Gasteiger partial charge is 0.0585 e. The predicted molar refractivity (Wildman–Crippen MR) is 137 cm³/mol. The van der Waals surface area contributed by atoms with E-state index in [0.717, 1.165) is 56.7 Å². The van der Waals surface area contributed by atoms with Crippen LogP contribution in [0.25, 0.3) is 0 Å². The highest BCUT2D eigenvalue weighted by Crippen LogP contribution is 2.40. The molecule has 4 aliphatic rings. The second-order valence-electron chi connectivity index (χ2n) is 12.0. The van der Waals surface area contributed by atoms with Crippen LogP contribution in [-0.2, 0) is 14.2 Å². The second kappa shape index (κ2) is 13.6. The molecule has 0 aromatic heterocycles. The summed E-state index contributed by atoms with van der Waals surface area (Å²) in [6.07, 6.45) is 24.9. The summed E-state index contributed by atoms with van der Waals surface area (Å²) in [6.45, 7) is 8.37. The van der Waals surface area contributed by atoms with Crippen molar-refractivity contribution < 1.29 is 14.2 Å². The van der Waals surface area contributed by atoms with Gasteiger partial charge in [0.15, 0.2) is 0 Å². The quantitative estimate of drug-likeness (QED) is 0.244. The maximum absolute atomic E-state index is 6.38. The van der Waals surface area contributed by atoms with Gasteiger partial charge in [0, 0.05) is 13.2 Å². The molecule has 0 N–H and O–H groups in total. The Morgan fingerprint density at radius 1 is 0.576 bits per heavy atom. The van der Waals surface area contributed by atoms with Gasteiger partial charge in [0.05, 0.1) is 24.4 Å². The van der Waals surface area contributed by atoms with E-state index in [-0.39, 0.29) is 0 Å². The molecule has 0 amide bonds. The van der Waals surface area contributed by atoms with Crippen molar-refractivity contribution >= 4 is 0 Å². The molecule has 0 radical (unpaired) electrons. The first-order chi connectivity index (χ1) is 16.2. The Morgan fingerprint density at radius 2 is 1.00 bits per heavy atom. The van der Waals surface area contributed by atoms with E-state index < -0.39 is 0 Å². The van der Waals surface area contributed by atoms with Crippen LogP contribution in [0.15, 0.2) is 12.2 Å². The highest BCUT2D eigenvalue weighted by Gasteiger charge is 2.30. The van der Waals surface area contributed by atoms with Gasteiger partial charge in [-0.05, 0) is 120 Å². The van der Waals surface area contributed by atoms with Crippen molar-refractivity contribution in [2.45, 2.75) is 147 Å². The average molecular weight is 461 g/mol. The first kappa shape index (κ1) is 25.7. The van der Waals surface area contributed by atoms with Crippen molar-refractivity contribution in [1.82, 2.24) is 0 Å². The predicted octanol–water partition coefficient (Wildman–Crippen LogP) is 8.01. The van der Waals surface area contributed by atoms with Crippen molar-refractivity contribution in [2.75, 3.05) is 13.2 Å². The van der Waals surface area contributed by atoms with Crippen LogP contribution in [0.1, 0.15) is 122 Å². The third-order valence-corrected chi connectivity index (χ3v) is 9.34. The van der Waals surface area contributed by atoms with Crippen LogP contribution in [0.2, 0.25) is 0 Å². The molecular weight excluding hydrogens is 408 g/mol. The highest BCUT2D eigenvalue weighted by atomic mass is 16.5. The molecule has 0 unspecified atom stereocenters. The summed E-state index contributed by atoms with van der Waals surface area (Å²) >= 11 is 0. The number of allylic oxidation sites excluding steroid dienone is 1. The molecule has 4 aliphatic carbocycles. The zero-order valence-corrected chi connectivity index (χ0v) is 21.6. The molecule has 3 nitrogen and oxygen atoms in total. The summed E-state index contributed by atoms with van der Waals surface area (Å²) in [6, 6.07) is 0. The van der Waals surface area contributed by atoms with E-state index in [2.05, 4.69) is 13.5 Å². The molecule has 0 saturated heterocycles. The minimum atomic E-state index is 0.454. The van der Waals surface area contributed by atoms with Crippen LogP contribution in [0.4, 0.5) is 0 Å². The van der Waals surface area contributed by atoms with Crippen LogP contribution in [0.3, 0.4) is 0 Å². The number of hydrogen-bond donors (Lipinski definition) is 0. The van der Waals surface area contributed by atoms with Gasteiger partial charge in [0.1, 0.15) is 0 Å². The molecule has 0 heterocycles. The third-order valence-electron chi connectivity index (χ3n) is 9.34. The number of hydrogen-bond acceptors (Lipinski definition) is 3. The molecule has 33 heavy (non-hydrogen) atoms. The van der Waals surface area contributed by atoms with E-state index in [1.165, 1.54) is 95.5 Å². The molecule has 4 saturated carbocycles. The van der Waals surface area contributed by atoms with Gasteiger partial charge < -0.3 is 14.2 Å². The van der Waals surface area contributed by atoms with Gasteiger partial charge >= 0.3 is 0 Å². The zero-order valence-electron chi connectivity index (χ0n) is 21.6. The lowest BCUT2D eigenvalue weighted by molar-refractivity contribution is -0.0697. The first-order valence-electron chi connectivity index (χ1n) is 14.7. The fourth-order valence-electron chi connectivity index (χ4n) is 6.93. The number of rotatable bonds is 10. The third kappa shape index (κ3) is 8.65. The maximum Gasteiger partial charge on any atom is 0.0585 e. The van der Waals surface area contributed by atoms with Crippen molar-refractivity contribution in [3.63, 3.8) is 0 Å². The lowest BCUT2D eigenvalue weighted by Crippen LogP contribution is -2.31. The van der Waals surface area contributed by atoms with E-state index in [9.17, 15) is 0 Å². The van der Waals surface area contributed by atoms with E-state index in [4.69, 9.17) is 14.2 Å². The molecule has 0 bridgehead atoms. The summed E-state index contributed by atoms with van der Waals surface area (Å²) in [4.78, 5) is 0. The summed E-state index contributed by atoms with van der Waals surface area (Å²) in [5.74, 6) is 2.99. The fraction of sp³-hybridized carbons (Fsp3) is 0.933. The zero-order chi connectivity index (χ0) is 22.9. The van der Waals surface area contributed by atoms with Crippen LogP contribution in [0, 0.1) is 17.8 Å². The number of ether oxygens (including phenoxy) is 3. The highest BCUT2D eigenvalue weighted by molar-refractivity contribution is 4.98. The molecule has 4 fully saturated rings. The van der Waals surface area contributed by atoms with Gasteiger partial charge in [-0.25, -0.2) is 0 Å². The fourth-order valence-corrected chi connectivity index (χ4v) is 6.93. The Hall–Kier alpha value is -0.380. The molecule has 3 heteroatoms. The molecule has 190 valence electrons. The van der Waals surface area contributed by atoms with Gasteiger partial charge in [-0.15, -0.1) is 0 Å². The van der Waals surface area contributed by atoms with Crippen molar-refractivity contribution in [2.24, 2.45) is 17.8 Å². The lowest BCUT2D eigenvalue weighted by atomic mass is 9.71. The summed E-state index contributed by atoms with van der Waals surface area (Å²) < 4.78 is 18.8. The molecule has 4 rings (SSSR count). The van der Waals surface area contributed by atoms with Crippen LogP contribution >= 0.6 is 0 Å². The normalized spacial score (nSPS) is 36.7. The SMILES string of the molecule is C=C1CCC(OC2CCC(OCCCCOC3CCC(C4CCC(C)CC4)CC3)CC2)CC1. The van der Waals surface area contributed by atoms with Gasteiger partial charge in [0.2, 0.25) is 0 Å². The van der Waals surface area contributed by atoms with E-state index in [1.807, 2.05) is 0 Å². The Morgan fingerprint density at radius 3 is 1.55 bits per heavy atom. The van der Waals surface area contributed by atoms with Gasteiger partial charge in [0.25, 0.3) is 0 Å². The van der Waals surface area contributed by atoms with E-state index >= 15 is 0 Å². The van der Waals surface area contributed by atoms with Crippen LogP contribution in [-0.4, -0.2) is 37.6 Å². The monoisotopic (exact) mass is 460 g/mol. The Labute approximate surface area is 204 Å². The van der Waals surface area contributed by atoms with Crippen molar-refractivity contribution in [1.29, 1.82) is 0 Å². The van der Waals surface area contributed by atoms with Crippen LogP contribution in [0.5, 0.6) is 0 Å². The minimum Gasteiger partial charge on any atom is -0.378 e. The summed E-state index contributed by atoms with van der Waals surface area (Å²) in [5, 5.41) is 0. The molecule has 0 atom stereocenters. The first-order valence-corrected chi connectivity index (χ1v) is 14.7. The topological polar surface area (TPSA) is 27.7 Å². The largest absolute Gasteiger partial charge is 0.378 e. The van der Waals surface area contributed by atoms with Crippen molar-refractivity contribution in [3.05, 3.63) is 12.2 Å². The van der Waals surface area contributed by atoms with Crippen molar-refractivity contribution in [3.8, 4) is 0 Å². The lowest BCUT2D eigenvalue weighted by Gasteiger charge is -2.37. The van der Waals surface area contributed by atoms with Gasteiger partial charge in [-0.3, -0.25) is 0 Å². The number of unbranched alkanes of at least 4 members (excludes halogenated alkanes) is 1. The van der Waals surface area contributed by atoms with Crippen LogP contribution < -0.4 is 0 Å². The molecule has 0 aromatic carbocycles. The van der Waals surface area contributed by atoms with E-state index in [0.29, 0.717) is 24.4 Å². The van der Waals surface area contributed by atoms with Gasteiger partial charge in [-0.1, -0.05) is 31.9 Å². The van der Waals surface area contributed by atoms with E-state index in [1.54, 1.807) is 0 Å². The maximum atomic E-state index is 6.38. The Balaban J connectivity index is 0.969. The molecule has 0 aliphatic heterocycles. The Kier molecular flexibility index (Phi) is 10.6. The second-order valence-corrected chi connectivity index (χ2v) is 12.0. The molecule has 0 aromatic rings. The minimum absolute atomic E-state index is 0.454.